The number of benzene rings is 1. The number of aryl methyl sites for hydroxylation is 1. The van der Waals surface area contributed by atoms with Crippen LogP contribution in [0.5, 0.6) is 0 Å². The highest BCUT2D eigenvalue weighted by molar-refractivity contribution is 6.03. The van der Waals surface area contributed by atoms with Gasteiger partial charge in [0.25, 0.3) is 5.91 Å². The van der Waals surface area contributed by atoms with Gasteiger partial charge in [0, 0.05) is 24.8 Å². The molecule has 6 nitrogen and oxygen atoms in total. The molecule has 1 aliphatic carbocycles. The second-order valence-corrected chi connectivity index (χ2v) is 6.50. The number of carbonyl (C=O) groups excluding carboxylic acids is 2. The van der Waals surface area contributed by atoms with Crippen molar-refractivity contribution >= 4 is 17.7 Å². The Bertz CT molecular complexity index is 837. The molecular formula is C20H21NO5. The highest BCUT2D eigenvalue weighted by Crippen LogP contribution is 2.30. The minimum atomic E-state index is -0.921. The summed E-state index contributed by atoms with van der Waals surface area (Å²) in [5.41, 5.74) is 1.92. The minimum Gasteiger partial charge on any atom is -0.481 e. The van der Waals surface area contributed by atoms with E-state index in [0.29, 0.717) is 29.7 Å². The smallest absolute Gasteiger partial charge is 0.303 e. The summed E-state index contributed by atoms with van der Waals surface area (Å²) in [6.45, 7) is 1.72. The summed E-state index contributed by atoms with van der Waals surface area (Å²) in [6.07, 6.45) is 2.05. The Kier molecular flexibility index (Phi) is 5.21. The van der Waals surface area contributed by atoms with E-state index in [1.165, 1.54) is 0 Å². The van der Waals surface area contributed by atoms with Crippen LogP contribution < -0.4 is 5.32 Å². The van der Waals surface area contributed by atoms with E-state index in [0.717, 1.165) is 12.0 Å². The van der Waals surface area contributed by atoms with E-state index in [4.69, 9.17) is 9.52 Å². The maximum absolute atomic E-state index is 12.8. The fourth-order valence-corrected chi connectivity index (χ4v) is 3.36. The summed E-state index contributed by atoms with van der Waals surface area (Å²) in [5.74, 6) is -0.622. The standard InChI is InChI=1S/C20H21NO5/c1-12-18-15(22)8-5-9-16(18)26-19(12)20(25)21-14(10-11-17(23)24)13-6-3-2-4-7-13/h2-4,6-7,14H,5,8-11H2,1H3,(H,21,25)(H,23,24). The lowest BCUT2D eigenvalue weighted by molar-refractivity contribution is -0.137. The van der Waals surface area contributed by atoms with Crippen molar-refractivity contribution in [3.63, 3.8) is 0 Å². The number of carboxylic acids is 1. The van der Waals surface area contributed by atoms with Crippen LogP contribution in [-0.4, -0.2) is 22.8 Å². The Morgan fingerprint density at radius 3 is 2.62 bits per heavy atom. The summed E-state index contributed by atoms with van der Waals surface area (Å²) in [6, 6.07) is 8.77. The second kappa shape index (κ2) is 7.56. The number of carbonyl (C=O) groups is 3. The summed E-state index contributed by atoms with van der Waals surface area (Å²) in [5, 5.41) is 11.8. The number of fused-ring (bicyclic) bond motifs is 1. The van der Waals surface area contributed by atoms with Crippen LogP contribution in [-0.2, 0) is 11.2 Å². The second-order valence-electron chi connectivity index (χ2n) is 6.50. The summed E-state index contributed by atoms with van der Waals surface area (Å²) >= 11 is 0. The summed E-state index contributed by atoms with van der Waals surface area (Å²) in [4.78, 5) is 35.8. The molecule has 3 rings (SSSR count). The Hall–Kier alpha value is -2.89. The molecule has 0 aliphatic heterocycles. The number of Topliss-reactive ketones (excluding diaryl/α,β-unsaturated/α-hetero) is 1. The molecule has 1 amide bonds. The Labute approximate surface area is 151 Å². The molecule has 0 saturated carbocycles. The number of amides is 1. The van der Waals surface area contributed by atoms with Gasteiger partial charge < -0.3 is 14.8 Å². The van der Waals surface area contributed by atoms with E-state index < -0.39 is 17.9 Å². The molecule has 0 spiro atoms. The maximum atomic E-state index is 12.8. The van der Waals surface area contributed by atoms with Gasteiger partial charge >= 0.3 is 5.97 Å². The highest BCUT2D eigenvalue weighted by atomic mass is 16.4. The van der Waals surface area contributed by atoms with E-state index in [1.54, 1.807) is 6.92 Å². The van der Waals surface area contributed by atoms with E-state index >= 15 is 0 Å². The quantitative estimate of drug-likeness (QED) is 0.827. The van der Waals surface area contributed by atoms with Crippen molar-refractivity contribution in [1.82, 2.24) is 5.32 Å². The van der Waals surface area contributed by atoms with Crippen molar-refractivity contribution in [3.05, 3.63) is 58.5 Å². The van der Waals surface area contributed by atoms with Gasteiger partial charge in [-0.05, 0) is 25.3 Å². The average molecular weight is 355 g/mol. The van der Waals surface area contributed by atoms with Gasteiger partial charge in [0.05, 0.1) is 11.6 Å². The predicted octanol–water partition coefficient (Wildman–Crippen LogP) is 3.44. The largest absolute Gasteiger partial charge is 0.481 e. The molecule has 0 bridgehead atoms. The number of aliphatic carboxylic acids is 1. The molecule has 2 N–H and O–H groups in total. The van der Waals surface area contributed by atoms with Gasteiger partial charge in [-0.3, -0.25) is 14.4 Å². The number of nitrogens with one attached hydrogen (secondary N) is 1. The monoisotopic (exact) mass is 355 g/mol. The van der Waals surface area contributed by atoms with Crippen molar-refractivity contribution in [3.8, 4) is 0 Å². The van der Waals surface area contributed by atoms with Crippen molar-refractivity contribution in [2.24, 2.45) is 0 Å². The highest BCUT2D eigenvalue weighted by Gasteiger charge is 2.29. The van der Waals surface area contributed by atoms with E-state index in [2.05, 4.69) is 5.32 Å². The molecule has 0 fully saturated rings. The van der Waals surface area contributed by atoms with Crippen LogP contribution in [0.2, 0.25) is 0 Å². The minimum absolute atomic E-state index is 0.0111. The van der Waals surface area contributed by atoms with Gasteiger partial charge in [-0.25, -0.2) is 0 Å². The topological polar surface area (TPSA) is 96.6 Å². The molecular weight excluding hydrogens is 334 g/mol. The fraction of sp³-hybridized carbons (Fsp3) is 0.350. The van der Waals surface area contributed by atoms with Crippen molar-refractivity contribution in [2.45, 2.75) is 45.1 Å². The first-order valence-corrected chi connectivity index (χ1v) is 8.70. The number of rotatable bonds is 6. The molecule has 26 heavy (non-hydrogen) atoms. The van der Waals surface area contributed by atoms with E-state index in [1.807, 2.05) is 30.3 Å². The average Bonchev–Trinajstić information content (AvgIpc) is 2.97. The van der Waals surface area contributed by atoms with Crippen LogP contribution in [0.4, 0.5) is 0 Å². The van der Waals surface area contributed by atoms with Gasteiger partial charge in [-0.15, -0.1) is 0 Å². The Morgan fingerprint density at radius 1 is 1.23 bits per heavy atom. The van der Waals surface area contributed by atoms with Crippen molar-refractivity contribution in [1.29, 1.82) is 0 Å². The van der Waals surface area contributed by atoms with E-state index in [9.17, 15) is 14.4 Å². The molecule has 1 unspecified atom stereocenters. The molecule has 6 heteroatoms. The Balaban J connectivity index is 1.84. The third kappa shape index (κ3) is 3.69. The zero-order chi connectivity index (χ0) is 18.7. The Morgan fingerprint density at radius 2 is 1.96 bits per heavy atom. The van der Waals surface area contributed by atoms with Crippen molar-refractivity contribution in [2.75, 3.05) is 0 Å². The molecule has 136 valence electrons. The van der Waals surface area contributed by atoms with Crippen molar-refractivity contribution < 1.29 is 23.9 Å². The number of furan rings is 1. The lowest BCUT2D eigenvalue weighted by Crippen LogP contribution is -2.29. The third-order valence-corrected chi connectivity index (χ3v) is 4.67. The SMILES string of the molecule is Cc1c(C(=O)NC(CCC(=O)O)c2ccccc2)oc2c1C(=O)CCC2. The molecule has 1 aromatic carbocycles. The summed E-state index contributed by atoms with van der Waals surface area (Å²) < 4.78 is 5.68. The van der Waals surface area contributed by atoms with Crippen LogP contribution in [0.3, 0.4) is 0 Å². The van der Waals surface area contributed by atoms with Crippen LogP contribution in [0.1, 0.15) is 69.5 Å². The predicted molar refractivity (Wildman–Crippen MR) is 94.2 cm³/mol. The van der Waals surface area contributed by atoms with Crippen LogP contribution in [0.15, 0.2) is 34.7 Å². The zero-order valence-corrected chi connectivity index (χ0v) is 14.6. The third-order valence-electron chi connectivity index (χ3n) is 4.67. The van der Waals surface area contributed by atoms with Gasteiger partial charge in [-0.1, -0.05) is 30.3 Å². The first kappa shape index (κ1) is 17.9. The molecule has 1 aromatic heterocycles. The van der Waals surface area contributed by atoms with Gasteiger partial charge in [0.2, 0.25) is 0 Å². The van der Waals surface area contributed by atoms with Gasteiger partial charge in [0.15, 0.2) is 11.5 Å². The summed E-state index contributed by atoms with van der Waals surface area (Å²) in [7, 11) is 0. The fourth-order valence-electron chi connectivity index (χ4n) is 3.36. The zero-order valence-electron chi connectivity index (χ0n) is 14.6. The first-order valence-electron chi connectivity index (χ1n) is 8.70. The molecule has 0 radical (unpaired) electrons. The molecule has 1 aliphatic rings. The number of hydrogen-bond donors (Lipinski definition) is 2. The maximum Gasteiger partial charge on any atom is 0.303 e. The molecule has 0 saturated heterocycles. The molecule has 1 heterocycles. The first-order chi connectivity index (χ1) is 12.5. The molecule has 1 atom stereocenters. The van der Waals surface area contributed by atoms with Gasteiger partial charge in [0.1, 0.15) is 5.76 Å². The molecule has 2 aromatic rings. The van der Waals surface area contributed by atoms with Crippen LogP contribution in [0.25, 0.3) is 0 Å². The number of hydrogen-bond acceptors (Lipinski definition) is 4. The number of ketones is 1. The number of carboxylic acid groups (broad SMARTS) is 1. The van der Waals surface area contributed by atoms with Crippen LogP contribution >= 0.6 is 0 Å². The van der Waals surface area contributed by atoms with Gasteiger partial charge in [-0.2, -0.15) is 0 Å². The lowest BCUT2D eigenvalue weighted by Gasteiger charge is -2.18. The van der Waals surface area contributed by atoms with Crippen LogP contribution in [0, 0.1) is 6.92 Å². The van der Waals surface area contributed by atoms with E-state index in [-0.39, 0.29) is 24.4 Å². The normalized spacial score (nSPS) is 14.6. The lowest BCUT2D eigenvalue weighted by atomic mass is 9.94.